The first kappa shape index (κ1) is 24.7. The molecule has 3 heterocycles. The summed E-state index contributed by atoms with van der Waals surface area (Å²) < 4.78 is 0. The molecule has 1 saturated carbocycles. The molecule has 1 unspecified atom stereocenters. The minimum atomic E-state index is -0.0134. The first-order chi connectivity index (χ1) is 18.0. The van der Waals surface area contributed by atoms with E-state index in [1.165, 1.54) is 76.7 Å². The lowest BCUT2D eigenvalue weighted by molar-refractivity contribution is 0.208. The molecule has 2 aromatic heterocycles. The third-order valence-corrected chi connectivity index (χ3v) is 9.90. The third-order valence-electron chi connectivity index (χ3n) is 8.75. The number of piperazine rings is 1. The van der Waals surface area contributed by atoms with E-state index in [4.69, 9.17) is 9.97 Å². The van der Waals surface area contributed by atoms with Gasteiger partial charge in [-0.25, -0.2) is 14.8 Å². The number of rotatable bonds is 3. The molecule has 1 saturated heterocycles. The first-order valence-electron chi connectivity index (χ1n) is 14.2. The summed E-state index contributed by atoms with van der Waals surface area (Å²) in [6, 6.07) is 6.09. The van der Waals surface area contributed by atoms with Gasteiger partial charge in [0.1, 0.15) is 16.5 Å². The zero-order valence-corrected chi connectivity index (χ0v) is 23.3. The number of anilines is 2. The van der Waals surface area contributed by atoms with Gasteiger partial charge in [-0.3, -0.25) is 0 Å². The Labute approximate surface area is 224 Å². The largest absolute Gasteiger partial charge is 0.352 e. The van der Waals surface area contributed by atoms with Crippen molar-refractivity contribution in [3.63, 3.8) is 0 Å². The van der Waals surface area contributed by atoms with Crippen LogP contribution in [-0.2, 0) is 12.8 Å². The van der Waals surface area contributed by atoms with Crippen molar-refractivity contribution in [2.24, 2.45) is 5.92 Å². The smallest absolute Gasteiger partial charge is 0.321 e. The van der Waals surface area contributed by atoms with Crippen molar-refractivity contribution in [2.75, 3.05) is 36.4 Å². The molecule has 0 bridgehead atoms. The Bertz CT molecular complexity index is 1300. The third kappa shape index (κ3) is 4.95. The fraction of sp³-hybridized carbons (Fsp3) is 0.567. The second-order valence-corrected chi connectivity index (χ2v) is 12.6. The summed E-state index contributed by atoms with van der Waals surface area (Å²) in [5.41, 5.74) is 4.79. The maximum absolute atomic E-state index is 13.0. The predicted octanol–water partition coefficient (Wildman–Crippen LogP) is 6.83. The summed E-state index contributed by atoms with van der Waals surface area (Å²) in [7, 11) is 0. The van der Waals surface area contributed by atoms with E-state index in [2.05, 4.69) is 43.1 Å². The number of hydrogen-bond acceptors (Lipinski definition) is 5. The lowest BCUT2D eigenvalue weighted by Gasteiger charge is -2.36. The molecule has 1 aromatic carbocycles. The minimum absolute atomic E-state index is 0.0134. The molecule has 37 heavy (non-hydrogen) atoms. The topological polar surface area (TPSA) is 61.4 Å². The molecule has 0 spiro atoms. The van der Waals surface area contributed by atoms with Crippen LogP contribution in [0.2, 0.25) is 0 Å². The van der Waals surface area contributed by atoms with Crippen molar-refractivity contribution in [1.82, 2.24) is 14.9 Å². The Hall–Kier alpha value is -2.67. The number of hydrogen-bond donors (Lipinski definition) is 1. The van der Waals surface area contributed by atoms with E-state index in [0.717, 1.165) is 42.8 Å². The van der Waals surface area contributed by atoms with Crippen LogP contribution in [0.4, 0.5) is 16.3 Å². The Morgan fingerprint density at radius 3 is 2.54 bits per heavy atom. The van der Waals surface area contributed by atoms with E-state index < -0.39 is 0 Å². The second kappa shape index (κ2) is 10.2. The summed E-state index contributed by atoms with van der Waals surface area (Å²) in [6.45, 7) is 9.55. The lowest BCUT2D eigenvalue weighted by atomic mass is 9.88. The van der Waals surface area contributed by atoms with E-state index in [9.17, 15) is 4.79 Å². The van der Waals surface area contributed by atoms with Crippen molar-refractivity contribution in [2.45, 2.75) is 78.1 Å². The number of fused-ring (bicyclic) bond motifs is 3. The van der Waals surface area contributed by atoms with Gasteiger partial charge in [0.25, 0.3) is 0 Å². The predicted molar refractivity (Wildman–Crippen MR) is 153 cm³/mol. The maximum atomic E-state index is 13.0. The van der Waals surface area contributed by atoms with Gasteiger partial charge in [-0.15, -0.1) is 11.3 Å². The van der Waals surface area contributed by atoms with Crippen LogP contribution in [0, 0.1) is 19.8 Å². The molecule has 1 atom stereocenters. The van der Waals surface area contributed by atoms with E-state index in [0.29, 0.717) is 19.0 Å². The van der Waals surface area contributed by atoms with Crippen molar-refractivity contribution in [1.29, 1.82) is 0 Å². The molecule has 7 heteroatoms. The Morgan fingerprint density at radius 2 is 1.78 bits per heavy atom. The molecule has 3 aliphatic rings. The van der Waals surface area contributed by atoms with Crippen LogP contribution >= 0.6 is 11.3 Å². The van der Waals surface area contributed by atoms with Crippen LogP contribution < -0.4 is 10.2 Å². The van der Waals surface area contributed by atoms with Gasteiger partial charge in [-0.2, -0.15) is 0 Å². The number of aryl methyl sites for hydroxylation is 3. The molecule has 1 N–H and O–H groups in total. The van der Waals surface area contributed by atoms with Crippen molar-refractivity contribution < 1.29 is 4.79 Å². The minimum Gasteiger partial charge on any atom is -0.352 e. The fourth-order valence-electron chi connectivity index (χ4n) is 6.25. The number of carbonyl (C=O) groups excluding carboxylic acids is 1. The van der Waals surface area contributed by atoms with Crippen molar-refractivity contribution >= 4 is 39.1 Å². The number of urea groups is 1. The Kier molecular flexibility index (Phi) is 6.82. The molecule has 3 aromatic rings. The number of amides is 2. The maximum Gasteiger partial charge on any atom is 0.321 e. The van der Waals surface area contributed by atoms with Crippen LogP contribution in [0.15, 0.2) is 18.2 Å². The Balaban J connectivity index is 1.25. The van der Waals surface area contributed by atoms with E-state index in [-0.39, 0.29) is 6.03 Å². The lowest BCUT2D eigenvalue weighted by Crippen LogP contribution is -2.50. The van der Waals surface area contributed by atoms with Crippen molar-refractivity contribution in [3.05, 3.63) is 45.6 Å². The zero-order chi connectivity index (χ0) is 25.5. The average Bonchev–Trinajstić information content (AvgIpc) is 3.28. The van der Waals surface area contributed by atoms with Crippen LogP contribution in [0.3, 0.4) is 0 Å². The number of benzene rings is 1. The molecule has 6 nitrogen and oxygen atoms in total. The van der Waals surface area contributed by atoms with Gasteiger partial charge in [0.2, 0.25) is 0 Å². The van der Waals surface area contributed by atoms with Crippen LogP contribution in [0.1, 0.15) is 78.8 Å². The standard InChI is InChI=1S/C30H39N5OS/c1-19-9-12-24-25(17-19)37-29-26(24)28(32-27(33-29)22-7-5-4-6-8-22)34-13-15-35(16-14-34)30(36)31-23-11-10-20(2)21(3)18-23/h10-11,18-19,22H,4-9,12-17H2,1-3H3,(H,31,36). The molecule has 2 amide bonds. The van der Waals surface area contributed by atoms with E-state index in [1.807, 2.05) is 22.3 Å². The van der Waals surface area contributed by atoms with Gasteiger partial charge in [0, 0.05) is 42.7 Å². The second-order valence-electron chi connectivity index (χ2n) is 11.5. The molecular weight excluding hydrogens is 478 g/mol. The average molecular weight is 518 g/mol. The number of nitrogens with one attached hydrogen (secondary N) is 1. The molecule has 6 rings (SSSR count). The fourth-order valence-corrected chi connectivity index (χ4v) is 7.64. The van der Waals surface area contributed by atoms with Crippen molar-refractivity contribution in [3.8, 4) is 0 Å². The molecule has 1 aliphatic heterocycles. The van der Waals surface area contributed by atoms with Crippen LogP contribution in [-0.4, -0.2) is 47.1 Å². The van der Waals surface area contributed by atoms with Gasteiger partial charge in [-0.1, -0.05) is 32.3 Å². The quantitative estimate of drug-likeness (QED) is 0.413. The van der Waals surface area contributed by atoms with Crippen LogP contribution in [0.25, 0.3) is 10.2 Å². The summed E-state index contributed by atoms with van der Waals surface area (Å²) >= 11 is 1.92. The highest BCUT2D eigenvalue weighted by atomic mass is 32.1. The normalized spacial score (nSPS) is 20.8. The Morgan fingerprint density at radius 1 is 1.00 bits per heavy atom. The summed E-state index contributed by atoms with van der Waals surface area (Å²) in [6.07, 6.45) is 9.87. The monoisotopic (exact) mass is 517 g/mol. The number of aromatic nitrogens is 2. The van der Waals surface area contributed by atoms with Crippen LogP contribution in [0.5, 0.6) is 0 Å². The SMILES string of the molecule is Cc1ccc(NC(=O)N2CCN(c3nc(C4CCCCC4)nc4sc5c(c34)CCC(C)C5)CC2)cc1C. The summed E-state index contributed by atoms with van der Waals surface area (Å²) in [5.74, 6) is 3.42. The molecule has 196 valence electrons. The van der Waals surface area contributed by atoms with Gasteiger partial charge < -0.3 is 15.1 Å². The van der Waals surface area contributed by atoms with E-state index >= 15 is 0 Å². The number of nitrogens with zero attached hydrogens (tertiary/aromatic N) is 4. The molecule has 2 fully saturated rings. The molecular formula is C30H39N5OS. The highest BCUT2D eigenvalue weighted by molar-refractivity contribution is 7.19. The zero-order valence-electron chi connectivity index (χ0n) is 22.5. The highest BCUT2D eigenvalue weighted by Crippen LogP contribution is 2.43. The summed E-state index contributed by atoms with van der Waals surface area (Å²) in [5, 5.41) is 4.41. The molecule has 0 radical (unpaired) electrons. The van der Waals surface area contributed by atoms with Gasteiger partial charge in [0.15, 0.2) is 0 Å². The number of thiophene rings is 1. The van der Waals surface area contributed by atoms with Gasteiger partial charge >= 0.3 is 6.03 Å². The summed E-state index contributed by atoms with van der Waals surface area (Å²) in [4.78, 5) is 30.6. The first-order valence-corrected chi connectivity index (χ1v) is 15.0. The number of carbonyl (C=O) groups is 1. The van der Waals surface area contributed by atoms with Gasteiger partial charge in [-0.05, 0) is 80.7 Å². The van der Waals surface area contributed by atoms with Gasteiger partial charge in [0.05, 0.1) is 5.39 Å². The highest BCUT2D eigenvalue weighted by Gasteiger charge is 2.30. The van der Waals surface area contributed by atoms with E-state index in [1.54, 1.807) is 0 Å². The molecule has 2 aliphatic carbocycles.